The molecule has 0 bridgehead atoms. The minimum atomic E-state index is -2.86. The van der Waals surface area contributed by atoms with E-state index in [0.717, 1.165) is 13.1 Å². The Morgan fingerprint density at radius 2 is 1.88 bits per heavy atom. The van der Waals surface area contributed by atoms with Crippen LogP contribution in [0.25, 0.3) is 0 Å². The molecule has 0 amide bonds. The summed E-state index contributed by atoms with van der Waals surface area (Å²) in [5.74, 6) is 0.201. The SMILES string of the molecule is CCN(CC)CC(O)CNCCCS(C)(=O)=O. The zero-order valence-electron chi connectivity index (χ0n) is 11.1. The second kappa shape index (κ2) is 8.85. The second-order valence-corrected chi connectivity index (χ2v) is 6.59. The third-order valence-electron chi connectivity index (χ3n) is 2.61. The summed E-state index contributed by atoms with van der Waals surface area (Å²) in [7, 11) is -2.86. The highest BCUT2D eigenvalue weighted by Gasteiger charge is 2.08. The Hall–Kier alpha value is -0.170. The molecule has 0 radical (unpaired) electrons. The smallest absolute Gasteiger partial charge is 0.147 e. The monoisotopic (exact) mass is 266 g/mol. The summed E-state index contributed by atoms with van der Waals surface area (Å²) >= 11 is 0. The number of hydrogen-bond acceptors (Lipinski definition) is 5. The summed E-state index contributed by atoms with van der Waals surface area (Å²) in [6.45, 7) is 7.80. The van der Waals surface area contributed by atoms with Crippen molar-refractivity contribution in [3.05, 3.63) is 0 Å². The van der Waals surface area contributed by atoms with Crippen molar-refractivity contribution in [3.63, 3.8) is 0 Å². The molecule has 0 aromatic heterocycles. The van der Waals surface area contributed by atoms with E-state index in [2.05, 4.69) is 24.1 Å². The number of aliphatic hydroxyl groups excluding tert-OH is 1. The molecule has 104 valence electrons. The first-order valence-electron chi connectivity index (χ1n) is 6.17. The highest BCUT2D eigenvalue weighted by atomic mass is 32.2. The molecular formula is C11H26N2O3S. The Balaban J connectivity index is 3.54. The average molecular weight is 266 g/mol. The molecule has 2 N–H and O–H groups in total. The van der Waals surface area contributed by atoms with Crippen LogP contribution in [-0.2, 0) is 9.84 Å². The van der Waals surface area contributed by atoms with Gasteiger partial charge in [-0.25, -0.2) is 8.42 Å². The fourth-order valence-corrected chi connectivity index (χ4v) is 2.24. The lowest BCUT2D eigenvalue weighted by atomic mass is 10.3. The summed E-state index contributed by atoms with van der Waals surface area (Å²) in [6, 6.07) is 0. The van der Waals surface area contributed by atoms with Gasteiger partial charge in [0.25, 0.3) is 0 Å². The number of hydrogen-bond donors (Lipinski definition) is 2. The van der Waals surface area contributed by atoms with Gasteiger partial charge in [0.05, 0.1) is 11.9 Å². The van der Waals surface area contributed by atoms with E-state index < -0.39 is 15.9 Å². The van der Waals surface area contributed by atoms with Crippen molar-refractivity contribution in [1.82, 2.24) is 10.2 Å². The fraction of sp³-hybridized carbons (Fsp3) is 1.00. The summed E-state index contributed by atoms with van der Waals surface area (Å²) in [6.07, 6.45) is 1.44. The molecule has 17 heavy (non-hydrogen) atoms. The highest BCUT2D eigenvalue weighted by Crippen LogP contribution is 1.92. The predicted molar refractivity (Wildman–Crippen MR) is 71.0 cm³/mol. The third kappa shape index (κ3) is 10.7. The van der Waals surface area contributed by atoms with Gasteiger partial charge in [-0.3, -0.25) is 0 Å². The molecule has 5 nitrogen and oxygen atoms in total. The van der Waals surface area contributed by atoms with Crippen molar-refractivity contribution in [2.45, 2.75) is 26.4 Å². The number of nitrogens with one attached hydrogen (secondary N) is 1. The van der Waals surface area contributed by atoms with Gasteiger partial charge in [0, 0.05) is 19.3 Å². The maximum Gasteiger partial charge on any atom is 0.147 e. The molecule has 6 heteroatoms. The lowest BCUT2D eigenvalue weighted by Crippen LogP contribution is -2.38. The minimum Gasteiger partial charge on any atom is -0.390 e. The summed E-state index contributed by atoms with van der Waals surface area (Å²) in [4.78, 5) is 2.16. The molecule has 0 rings (SSSR count). The van der Waals surface area contributed by atoms with Gasteiger partial charge in [-0.05, 0) is 26.1 Å². The number of sulfone groups is 1. The number of aliphatic hydroxyl groups is 1. The summed E-state index contributed by atoms with van der Waals surface area (Å²) in [5, 5.41) is 12.8. The van der Waals surface area contributed by atoms with Crippen molar-refractivity contribution in [2.24, 2.45) is 0 Å². The molecular weight excluding hydrogens is 240 g/mol. The van der Waals surface area contributed by atoms with Gasteiger partial charge in [-0.1, -0.05) is 13.8 Å². The van der Waals surface area contributed by atoms with Crippen molar-refractivity contribution in [1.29, 1.82) is 0 Å². The molecule has 0 fully saturated rings. The van der Waals surface area contributed by atoms with Crippen molar-refractivity contribution < 1.29 is 13.5 Å². The minimum absolute atomic E-state index is 0.201. The fourth-order valence-electron chi connectivity index (χ4n) is 1.57. The van der Waals surface area contributed by atoms with E-state index in [1.807, 2.05) is 0 Å². The van der Waals surface area contributed by atoms with Crippen LogP contribution in [0.15, 0.2) is 0 Å². The van der Waals surface area contributed by atoms with E-state index in [0.29, 0.717) is 26.1 Å². The number of nitrogens with zero attached hydrogens (tertiary/aromatic N) is 1. The van der Waals surface area contributed by atoms with E-state index in [9.17, 15) is 13.5 Å². The van der Waals surface area contributed by atoms with Gasteiger partial charge in [-0.15, -0.1) is 0 Å². The third-order valence-corrected chi connectivity index (χ3v) is 3.64. The van der Waals surface area contributed by atoms with Crippen LogP contribution in [0.4, 0.5) is 0 Å². The average Bonchev–Trinajstić information content (AvgIpc) is 2.23. The second-order valence-electron chi connectivity index (χ2n) is 4.33. The van der Waals surface area contributed by atoms with Crippen LogP contribution in [0, 0.1) is 0 Å². The molecule has 0 aromatic carbocycles. The number of likely N-dealkylation sites (N-methyl/N-ethyl adjacent to an activating group) is 1. The zero-order valence-corrected chi connectivity index (χ0v) is 12.0. The lowest BCUT2D eigenvalue weighted by Gasteiger charge is -2.22. The van der Waals surface area contributed by atoms with Gasteiger partial charge < -0.3 is 15.3 Å². The van der Waals surface area contributed by atoms with Crippen molar-refractivity contribution in [2.75, 3.05) is 44.7 Å². The topological polar surface area (TPSA) is 69.6 Å². The summed E-state index contributed by atoms with van der Waals surface area (Å²) < 4.78 is 21.7. The molecule has 0 spiro atoms. The first-order chi connectivity index (χ1) is 7.89. The molecule has 0 aliphatic heterocycles. The van der Waals surface area contributed by atoms with Crippen molar-refractivity contribution in [3.8, 4) is 0 Å². The van der Waals surface area contributed by atoms with E-state index in [4.69, 9.17) is 0 Å². The Morgan fingerprint density at radius 1 is 1.29 bits per heavy atom. The maximum atomic E-state index is 10.9. The number of rotatable bonds is 10. The Labute approximate surface area is 105 Å². The Morgan fingerprint density at radius 3 is 2.35 bits per heavy atom. The van der Waals surface area contributed by atoms with Crippen LogP contribution in [-0.4, -0.2) is 69.3 Å². The van der Waals surface area contributed by atoms with Crippen LogP contribution in [0.5, 0.6) is 0 Å². The van der Waals surface area contributed by atoms with E-state index in [1.54, 1.807) is 0 Å². The van der Waals surface area contributed by atoms with Crippen LogP contribution in [0.2, 0.25) is 0 Å². The van der Waals surface area contributed by atoms with Gasteiger partial charge in [0.2, 0.25) is 0 Å². The largest absolute Gasteiger partial charge is 0.390 e. The molecule has 0 heterocycles. The van der Waals surface area contributed by atoms with Gasteiger partial charge >= 0.3 is 0 Å². The molecule has 0 aromatic rings. The molecule has 1 atom stereocenters. The van der Waals surface area contributed by atoms with Gasteiger partial charge in [0.15, 0.2) is 0 Å². The Bertz CT molecular complexity index is 276. The lowest BCUT2D eigenvalue weighted by molar-refractivity contribution is 0.117. The Kier molecular flexibility index (Phi) is 8.77. The van der Waals surface area contributed by atoms with Crippen molar-refractivity contribution >= 4 is 9.84 Å². The highest BCUT2D eigenvalue weighted by molar-refractivity contribution is 7.90. The van der Waals surface area contributed by atoms with E-state index >= 15 is 0 Å². The first kappa shape index (κ1) is 16.8. The molecule has 1 unspecified atom stereocenters. The zero-order chi connectivity index (χ0) is 13.3. The maximum absolute atomic E-state index is 10.9. The molecule has 0 aliphatic carbocycles. The molecule has 0 saturated carbocycles. The summed E-state index contributed by atoms with van der Waals surface area (Å²) in [5.41, 5.74) is 0. The van der Waals surface area contributed by atoms with Crippen LogP contribution >= 0.6 is 0 Å². The van der Waals surface area contributed by atoms with E-state index in [1.165, 1.54) is 6.26 Å². The normalized spacial score (nSPS) is 14.2. The quantitative estimate of drug-likeness (QED) is 0.532. The van der Waals surface area contributed by atoms with Crippen LogP contribution in [0.1, 0.15) is 20.3 Å². The molecule has 0 saturated heterocycles. The first-order valence-corrected chi connectivity index (χ1v) is 8.24. The van der Waals surface area contributed by atoms with Crippen LogP contribution in [0.3, 0.4) is 0 Å². The van der Waals surface area contributed by atoms with E-state index in [-0.39, 0.29) is 5.75 Å². The van der Waals surface area contributed by atoms with Crippen LogP contribution < -0.4 is 5.32 Å². The molecule has 0 aliphatic rings. The standard InChI is InChI=1S/C11H26N2O3S/c1-4-13(5-2)10-11(14)9-12-7-6-8-17(3,15)16/h11-12,14H,4-10H2,1-3H3. The van der Waals surface area contributed by atoms with Gasteiger partial charge in [-0.2, -0.15) is 0 Å². The predicted octanol–water partition coefficient (Wildman–Crippen LogP) is -0.287. The van der Waals surface area contributed by atoms with Gasteiger partial charge in [0.1, 0.15) is 9.84 Å².